The van der Waals surface area contributed by atoms with Gasteiger partial charge in [-0.3, -0.25) is 9.69 Å². The number of aliphatic hydroxyl groups excluding tert-OH is 1. The summed E-state index contributed by atoms with van der Waals surface area (Å²) in [7, 11) is 1.55. The molecule has 1 heterocycles. The maximum atomic E-state index is 13.0. The molecule has 7 nitrogen and oxygen atoms in total. The van der Waals surface area contributed by atoms with Gasteiger partial charge in [0.05, 0.1) is 32.0 Å². The van der Waals surface area contributed by atoms with Crippen molar-refractivity contribution < 1.29 is 41.7 Å². The molecule has 1 aromatic carbocycles. The zero-order valence-electron chi connectivity index (χ0n) is 18.9. The number of β-amino-alcohol motifs (C(OH)–C–C–N with tert-alkyl or cyclic N) is 1. The first-order valence-corrected chi connectivity index (χ1v) is 10.7. The Hall–Kier alpha value is -1.79. The number of morpholine rings is 1. The van der Waals surface area contributed by atoms with Crippen molar-refractivity contribution in [2.75, 3.05) is 66.3 Å². The standard InChI is InChI=1S/C22H32F4N2O5/c1-16-3-5-17(6-4-16)20(30)28(8-9-31-2)13-19-12-27(7-10-33-19)11-18(29)14-32-15-22(25,26)21(23)24/h3-6,18-19,21,29H,7-15H2,1-2H3. The highest BCUT2D eigenvalue weighted by atomic mass is 19.3. The zero-order valence-corrected chi connectivity index (χ0v) is 18.9. The maximum Gasteiger partial charge on any atom is 0.330 e. The Morgan fingerprint density at radius 1 is 1.33 bits per heavy atom. The predicted octanol–water partition coefficient (Wildman–Crippen LogP) is 2.06. The van der Waals surface area contributed by atoms with E-state index < -0.39 is 31.7 Å². The lowest BCUT2D eigenvalue weighted by Crippen LogP contribution is -2.51. The summed E-state index contributed by atoms with van der Waals surface area (Å²) in [6.45, 7) is 2.37. The zero-order chi connectivity index (χ0) is 24.4. The van der Waals surface area contributed by atoms with Gasteiger partial charge in [0.1, 0.15) is 6.61 Å². The molecule has 2 rings (SSSR count). The molecule has 1 N–H and O–H groups in total. The van der Waals surface area contributed by atoms with Crippen LogP contribution in [0.4, 0.5) is 17.6 Å². The number of hydrogen-bond acceptors (Lipinski definition) is 6. The largest absolute Gasteiger partial charge is 0.389 e. The molecule has 188 valence electrons. The van der Waals surface area contributed by atoms with Crippen molar-refractivity contribution >= 4 is 5.91 Å². The molecule has 0 spiro atoms. The Labute approximate surface area is 191 Å². The fourth-order valence-electron chi connectivity index (χ4n) is 3.40. The molecular formula is C22H32F4N2O5. The monoisotopic (exact) mass is 480 g/mol. The Kier molecular flexibility index (Phi) is 11.0. The molecule has 0 saturated carbocycles. The summed E-state index contributed by atoms with van der Waals surface area (Å²) in [5.41, 5.74) is 1.60. The van der Waals surface area contributed by atoms with Crippen LogP contribution in [0.5, 0.6) is 0 Å². The average molecular weight is 480 g/mol. The Bertz CT molecular complexity index is 723. The predicted molar refractivity (Wildman–Crippen MR) is 113 cm³/mol. The van der Waals surface area contributed by atoms with Crippen LogP contribution in [0.25, 0.3) is 0 Å². The van der Waals surface area contributed by atoms with E-state index in [1.54, 1.807) is 24.1 Å². The van der Waals surface area contributed by atoms with Crippen molar-refractivity contribution in [2.45, 2.75) is 31.5 Å². The van der Waals surface area contributed by atoms with Gasteiger partial charge in [-0.05, 0) is 19.1 Å². The van der Waals surface area contributed by atoms with Gasteiger partial charge in [0.2, 0.25) is 0 Å². The third-order valence-electron chi connectivity index (χ3n) is 5.19. The topological polar surface area (TPSA) is 71.5 Å². The van der Waals surface area contributed by atoms with E-state index in [9.17, 15) is 27.5 Å². The van der Waals surface area contributed by atoms with E-state index in [4.69, 9.17) is 9.47 Å². The summed E-state index contributed by atoms with van der Waals surface area (Å²) in [6.07, 6.45) is -5.28. The number of hydrogen-bond donors (Lipinski definition) is 1. The highest BCUT2D eigenvalue weighted by Gasteiger charge is 2.41. The first-order chi connectivity index (χ1) is 15.6. The molecular weight excluding hydrogens is 448 g/mol. The smallest absolute Gasteiger partial charge is 0.330 e. The molecule has 2 atom stereocenters. The number of carbonyl (C=O) groups excluding carboxylic acids is 1. The van der Waals surface area contributed by atoms with Gasteiger partial charge in [-0.1, -0.05) is 17.7 Å². The van der Waals surface area contributed by atoms with Crippen molar-refractivity contribution in [3.8, 4) is 0 Å². The first-order valence-electron chi connectivity index (χ1n) is 10.7. The summed E-state index contributed by atoms with van der Waals surface area (Å²) in [5, 5.41) is 10.1. The fourth-order valence-corrected chi connectivity index (χ4v) is 3.40. The van der Waals surface area contributed by atoms with Gasteiger partial charge in [0.15, 0.2) is 0 Å². The number of amides is 1. The summed E-state index contributed by atoms with van der Waals surface area (Å²) >= 11 is 0. The first kappa shape index (κ1) is 27.5. The lowest BCUT2D eigenvalue weighted by atomic mass is 10.1. The van der Waals surface area contributed by atoms with Gasteiger partial charge in [0.25, 0.3) is 5.91 Å². The molecule has 1 aromatic rings. The number of aliphatic hydroxyl groups is 1. The number of rotatable bonds is 13. The van der Waals surface area contributed by atoms with Crippen molar-refractivity contribution in [2.24, 2.45) is 0 Å². The van der Waals surface area contributed by atoms with Crippen LogP contribution < -0.4 is 0 Å². The van der Waals surface area contributed by atoms with E-state index in [-0.39, 0.29) is 18.6 Å². The Morgan fingerprint density at radius 2 is 2.03 bits per heavy atom. The molecule has 1 fully saturated rings. The normalized spacial score (nSPS) is 18.5. The van der Waals surface area contributed by atoms with E-state index in [1.165, 1.54) is 0 Å². The van der Waals surface area contributed by atoms with Crippen LogP contribution in [-0.4, -0.2) is 112 Å². The molecule has 0 aromatic heterocycles. The summed E-state index contributed by atoms with van der Waals surface area (Å²) in [6, 6.07) is 7.25. The summed E-state index contributed by atoms with van der Waals surface area (Å²) in [4.78, 5) is 16.5. The molecule has 1 amide bonds. The van der Waals surface area contributed by atoms with Gasteiger partial charge in [0, 0.05) is 45.4 Å². The molecule has 33 heavy (non-hydrogen) atoms. The van der Waals surface area contributed by atoms with Crippen molar-refractivity contribution in [3.05, 3.63) is 35.4 Å². The van der Waals surface area contributed by atoms with E-state index >= 15 is 0 Å². The quantitative estimate of drug-likeness (QED) is 0.436. The number of alkyl halides is 4. The molecule has 11 heteroatoms. The van der Waals surface area contributed by atoms with E-state index in [0.29, 0.717) is 45.0 Å². The van der Waals surface area contributed by atoms with Crippen LogP contribution >= 0.6 is 0 Å². The minimum atomic E-state index is -4.25. The van der Waals surface area contributed by atoms with Gasteiger partial charge in [-0.2, -0.15) is 8.78 Å². The van der Waals surface area contributed by atoms with Crippen LogP contribution in [0.15, 0.2) is 24.3 Å². The molecule has 1 aliphatic rings. The number of carbonyl (C=O) groups is 1. The minimum absolute atomic E-state index is 0.101. The fraction of sp³-hybridized carbons (Fsp3) is 0.682. The van der Waals surface area contributed by atoms with Crippen LogP contribution in [0.1, 0.15) is 15.9 Å². The van der Waals surface area contributed by atoms with Gasteiger partial charge >= 0.3 is 12.3 Å². The van der Waals surface area contributed by atoms with E-state index in [2.05, 4.69) is 4.74 Å². The Balaban J connectivity index is 1.87. The van der Waals surface area contributed by atoms with E-state index in [0.717, 1.165) is 5.56 Å². The molecule has 0 radical (unpaired) electrons. The lowest BCUT2D eigenvalue weighted by molar-refractivity contribution is -0.171. The average Bonchev–Trinajstić information content (AvgIpc) is 2.76. The maximum absolute atomic E-state index is 13.0. The SMILES string of the molecule is COCCN(CC1CN(CC(O)COCC(F)(F)C(F)F)CCO1)C(=O)c1ccc(C)cc1. The third kappa shape index (κ3) is 9.17. The van der Waals surface area contributed by atoms with Crippen LogP contribution in [0.2, 0.25) is 0 Å². The summed E-state index contributed by atoms with van der Waals surface area (Å²) < 4.78 is 65.6. The third-order valence-corrected chi connectivity index (χ3v) is 5.19. The van der Waals surface area contributed by atoms with Gasteiger partial charge < -0.3 is 24.2 Å². The number of methoxy groups -OCH3 is 1. The summed E-state index contributed by atoms with van der Waals surface area (Å²) in [5.74, 6) is -4.40. The number of aryl methyl sites for hydroxylation is 1. The molecule has 2 unspecified atom stereocenters. The number of halogens is 4. The minimum Gasteiger partial charge on any atom is -0.389 e. The van der Waals surface area contributed by atoms with Gasteiger partial charge in [-0.25, -0.2) is 8.78 Å². The highest BCUT2D eigenvalue weighted by Crippen LogP contribution is 2.23. The highest BCUT2D eigenvalue weighted by molar-refractivity contribution is 5.94. The van der Waals surface area contributed by atoms with Crippen LogP contribution in [-0.2, 0) is 14.2 Å². The second-order valence-corrected chi connectivity index (χ2v) is 8.09. The van der Waals surface area contributed by atoms with Crippen LogP contribution in [0.3, 0.4) is 0 Å². The number of benzene rings is 1. The number of ether oxygens (including phenoxy) is 3. The molecule has 1 aliphatic heterocycles. The number of nitrogens with zero attached hydrogens (tertiary/aromatic N) is 2. The van der Waals surface area contributed by atoms with Crippen LogP contribution in [0, 0.1) is 6.92 Å². The molecule has 0 aliphatic carbocycles. The van der Waals surface area contributed by atoms with Crippen molar-refractivity contribution in [1.29, 1.82) is 0 Å². The molecule has 0 bridgehead atoms. The van der Waals surface area contributed by atoms with Crippen molar-refractivity contribution in [1.82, 2.24) is 9.80 Å². The lowest BCUT2D eigenvalue weighted by Gasteiger charge is -2.36. The Morgan fingerprint density at radius 3 is 2.67 bits per heavy atom. The molecule has 1 saturated heterocycles. The second kappa shape index (κ2) is 13.2. The van der Waals surface area contributed by atoms with E-state index in [1.807, 2.05) is 24.0 Å². The van der Waals surface area contributed by atoms with Crippen molar-refractivity contribution in [3.63, 3.8) is 0 Å². The second-order valence-electron chi connectivity index (χ2n) is 8.09. The van der Waals surface area contributed by atoms with Gasteiger partial charge in [-0.15, -0.1) is 0 Å².